The molecule has 1 atom stereocenters. The first-order valence-corrected chi connectivity index (χ1v) is 10.7. The number of carbonyl (C=O) groups excluding carboxylic acids is 1. The standard InChI is InChI=1S/C23H21FO4S/c1-17-7-13-21(14-8-17)29(26,27)22(15-18-9-11-20(24)12-10-18)23(25)28-16-19-5-3-2-4-6-19/h2-14,22H,15-16H2,1H3/t22-/m1/s1. The number of carbonyl (C=O) groups is 1. The number of esters is 1. The zero-order valence-electron chi connectivity index (χ0n) is 15.9. The highest BCUT2D eigenvalue weighted by molar-refractivity contribution is 7.92. The lowest BCUT2D eigenvalue weighted by Gasteiger charge is -2.17. The summed E-state index contributed by atoms with van der Waals surface area (Å²) in [5.74, 6) is -1.27. The van der Waals surface area contributed by atoms with Gasteiger partial charge in [-0.2, -0.15) is 0 Å². The highest BCUT2D eigenvalue weighted by Crippen LogP contribution is 2.22. The maximum Gasteiger partial charge on any atom is 0.325 e. The van der Waals surface area contributed by atoms with Crippen LogP contribution in [0.4, 0.5) is 4.39 Å². The molecule has 0 aliphatic rings. The van der Waals surface area contributed by atoms with Gasteiger partial charge in [0.2, 0.25) is 0 Å². The zero-order chi connectivity index (χ0) is 20.9. The van der Waals surface area contributed by atoms with E-state index >= 15 is 0 Å². The van der Waals surface area contributed by atoms with Crippen molar-refractivity contribution in [2.24, 2.45) is 0 Å². The lowest BCUT2D eigenvalue weighted by Crippen LogP contribution is -2.34. The van der Waals surface area contributed by atoms with Gasteiger partial charge in [0.15, 0.2) is 15.1 Å². The molecule has 0 saturated carbocycles. The van der Waals surface area contributed by atoms with Gasteiger partial charge in [-0.25, -0.2) is 12.8 Å². The van der Waals surface area contributed by atoms with Crippen molar-refractivity contribution in [2.75, 3.05) is 0 Å². The van der Waals surface area contributed by atoms with Crippen molar-refractivity contribution in [1.82, 2.24) is 0 Å². The summed E-state index contributed by atoms with van der Waals surface area (Å²) in [7, 11) is -4.00. The van der Waals surface area contributed by atoms with E-state index in [0.717, 1.165) is 11.1 Å². The van der Waals surface area contributed by atoms with Crippen LogP contribution in [0.25, 0.3) is 0 Å². The minimum absolute atomic E-state index is 0.0248. The van der Waals surface area contributed by atoms with Crippen LogP contribution in [0.3, 0.4) is 0 Å². The highest BCUT2D eigenvalue weighted by atomic mass is 32.2. The Bertz CT molecular complexity index is 1060. The van der Waals surface area contributed by atoms with Crippen molar-refractivity contribution in [1.29, 1.82) is 0 Å². The summed E-state index contributed by atoms with van der Waals surface area (Å²) in [6, 6.07) is 20.8. The predicted octanol–water partition coefficient (Wildman–Crippen LogP) is 4.26. The van der Waals surface area contributed by atoms with E-state index in [0.29, 0.717) is 5.56 Å². The Labute approximate surface area is 169 Å². The second kappa shape index (κ2) is 9.01. The molecule has 29 heavy (non-hydrogen) atoms. The third-order valence-electron chi connectivity index (χ3n) is 4.55. The summed E-state index contributed by atoms with van der Waals surface area (Å²) >= 11 is 0. The molecular formula is C23H21FO4S. The summed E-state index contributed by atoms with van der Waals surface area (Å²) in [4.78, 5) is 12.8. The van der Waals surface area contributed by atoms with Crippen LogP contribution in [-0.2, 0) is 32.4 Å². The fraction of sp³-hybridized carbons (Fsp3) is 0.174. The number of benzene rings is 3. The van der Waals surface area contributed by atoms with E-state index in [1.807, 2.05) is 25.1 Å². The first kappa shape index (κ1) is 20.7. The van der Waals surface area contributed by atoms with Gasteiger partial charge in [0.1, 0.15) is 12.4 Å². The van der Waals surface area contributed by atoms with E-state index in [4.69, 9.17) is 4.74 Å². The van der Waals surface area contributed by atoms with Gasteiger partial charge in [-0.05, 0) is 42.3 Å². The number of sulfone groups is 1. The van der Waals surface area contributed by atoms with Crippen LogP contribution in [0.15, 0.2) is 83.8 Å². The zero-order valence-corrected chi connectivity index (χ0v) is 16.7. The van der Waals surface area contributed by atoms with Gasteiger partial charge in [-0.1, -0.05) is 60.2 Å². The lowest BCUT2D eigenvalue weighted by atomic mass is 10.1. The Hall–Kier alpha value is -2.99. The molecule has 0 aliphatic carbocycles. The van der Waals surface area contributed by atoms with Crippen LogP contribution >= 0.6 is 0 Å². The van der Waals surface area contributed by atoms with Crippen LogP contribution < -0.4 is 0 Å². The van der Waals surface area contributed by atoms with Crippen LogP contribution in [0.1, 0.15) is 16.7 Å². The largest absolute Gasteiger partial charge is 0.460 e. The Balaban J connectivity index is 1.88. The maximum absolute atomic E-state index is 13.2. The van der Waals surface area contributed by atoms with E-state index in [1.54, 1.807) is 24.3 Å². The average Bonchev–Trinajstić information content (AvgIpc) is 2.72. The first-order chi connectivity index (χ1) is 13.9. The number of hydrogen-bond acceptors (Lipinski definition) is 4. The summed E-state index contributed by atoms with van der Waals surface area (Å²) in [6.45, 7) is 1.82. The Morgan fingerprint density at radius 2 is 1.52 bits per heavy atom. The quantitative estimate of drug-likeness (QED) is 0.544. The minimum atomic E-state index is -4.00. The molecular weight excluding hydrogens is 391 g/mol. The summed E-state index contributed by atoms with van der Waals surface area (Å²) < 4.78 is 44.9. The van der Waals surface area contributed by atoms with Crippen molar-refractivity contribution in [3.63, 3.8) is 0 Å². The summed E-state index contributed by atoms with van der Waals surface area (Å²) in [6.07, 6.45) is -0.107. The molecule has 4 nitrogen and oxygen atoms in total. The van der Waals surface area contributed by atoms with Crippen molar-refractivity contribution >= 4 is 15.8 Å². The number of rotatable bonds is 7. The van der Waals surface area contributed by atoms with E-state index < -0.39 is 26.9 Å². The molecule has 0 aromatic heterocycles. The monoisotopic (exact) mass is 412 g/mol. The molecule has 150 valence electrons. The molecule has 3 rings (SSSR count). The fourth-order valence-electron chi connectivity index (χ4n) is 2.87. The Kier molecular flexibility index (Phi) is 6.44. The molecule has 0 N–H and O–H groups in total. The molecule has 3 aromatic carbocycles. The SMILES string of the molecule is Cc1ccc(S(=O)(=O)[C@H](Cc2ccc(F)cc2)C(=O)OCc2ccccc2)cc1. The van der Waals surface area contributed by atoms with Crippen molar-refractivity contribution in [3.05, 3.63) is 101 Å². The summed E-state index contributed by atoms with van der Waals surface area (Å²) in [5.41, 5.74) is 2.20. The minimum Gasteiger partial charge on any atom is -0.460 e. The van der Waals surface area contributed by atoms with Crippen LogP contribution in [0.2, 0.25) is 0 Å². The number of halogens is 1. The molecule has 0 heterocycles. The van der Waals surface area contributed by atoms with Gasteiger partial charge in [0, 0.05) is 6.42 Å². The number of aryl methyl sites for hydroxylation is 1. The van der Waals surface area contributed by atoms with Crippen molar-refractivity contribution < 1.29 is 22.3 Å². The second-order valence-corrected chi connectivity index (χ2v) is 8.90. The Morgan fingerprint density at radius 1 is 0.897 bits per heavy atom. The van der Waals surface area contributed by atoms with Gasteiger partial charge < -0.3 is 4.74 Å². The van der Waals surface area contributed by atoms with Gasteiger partial charge in [0.05, 0.1) is 4.90 Å². The number of hydrogen-bond donors (Lipinski definition) is 0. The fourth-order valence-corrected chi connectivity index (χ4v) is 4.45. The van der Waals surface area contributed by atoms with Gasteiger partial charge >= 0.3 is 5.97 Å². The maximum atomic E-state index is 13.2. The molecule has 0 spiro atoms. The normalized spacial score (nSPS) is 12.3. The Morgan fingerprint density at radius 3 is 2.14 bits per heavy atom. The number of ether oxygens (including phenoxy) is 1. The molecule has 0 aliphatic heterocycles. The molecule has 0 saturated heterocycles. The molecule has 0 unspecified atom stereocenters. The van der Waals surface area contributed by atoms with E-state index in [9.17, 15) is 17.6 Å². The van der Waals surface area contributed by atoms with Crippen LogP contribution in [-0.4, -0.2) is 19.6 Å². The van der Waals surface area contributed by atoms with Gasteiger partial charge in [0.25, 0.3) is 0 Å². The van der Waals surface area contributed by atoms with Crippen LogP contribution in [0.5, 0.6) is 0 Å². The lowest BCUT2D eigenvalue weighted by molar-refractivity contribution is -0.144. The topological polar surface area (TPSA) is 60.4 Å². The molecule has 0 amide bonds. The van der Waals surface area contributed by atoms with E-state index in [-0.39, 0.29) is 17.9 Å². The highest BCUT2D eigenvalue weighted by Gasteiger charge is 2.35. The molecule has 6 heteroatoms. The van der Waals surface area contributed by atoms with Gasteiger partial charge in [-0.3, -0.25) is 4.79 Å². The third-order valence-corrected chi connectivity index (χ3v) is 6.58. The first-order valence-electron chi connectivity index (χ1n) is 9.12. The van der Waals surface area contributed by atoms with Crippen LogP contribution in [0, 0.1) is 12.7 Å². The predicted molar refractivity (Wildman–Crippen MR) is 108 cm³/mol. The second-order valence-electron chi connectivity index (χ2n) is 6.77. The smallest absolute Gasteiger partial charge is 0.325 e. The molecule has 0 bridgehead atoms. The van der Waals surface area contributed by atoms with Gasteiger partial charge in [-0.15, -0.1) is 0 Å². The third kappa shape index (κ3) is 5.29. The van der Waals surface area contributed by atoms with Crippen molar-refractivity contribution in [2.45, 2.75) is 30.1 Å². The average molecular weight is 412 g/mol. The van der Waals surface area contributed by atoms with E-state index in [1.165, 1.54) is 36.4 Å². The molecule has 3 aromatic rings. The molecule has 0 radical (unpaired) electrons. The summed E-state index contributed by atoms with van der Waals surface area (Å²) in [5, 5.41) is -1.43. The molecule has 0 fully saturated rings. The van der Waals surface area contributed by atoms with Crippen molar-refractivity contribution in [3.8, 4) is 0 Å². The van der Waals surface area contributed by atoms with E-state index in [2.05, 4.69) is 0 Å².